The van der Waals surface area contributed by atoms with Crippen molar-refractivity contribution in [3.05, 3.63) is 34.0 Å². The van der Waals surface area contributed by atoms with Gasteiger partial charge >= 0.3 is 0 Å². The first kappa shape index (κ1) is 79.7. The Morgan fingerprint density at radius 2 is 0.588 bits per heavy atom. The monoisotopic (exact) mass is 941 g/mol. The van der Waals surface area contributed by atoms with E-state index in [1.807, 2.05) is 83.1 Å². The van der Waals surface area contributed by atoms with Crippen molar-refractivity contribution in [1.29, 1.82) is 0 Å². The van der Waals surface area contributed by atoms with Crippen LogP contribution in [0.5, 0.6) is 0 Å². The standard InChI is InChI=1S/4C10H14N2O2.4C2H6.4B/c4*1-6-4-5-11-10(12-6)9(7(2)13)8(3)14;4*1-2;;;;/h3*13H,4-5H2,1-3H3;9H,4-5H2,1-3H3;4*1-2H3;;;;/b2*9-7-;;;;;;;;;;. The molecule has 0 aliphatic carbocycles. The van der Waals surface area contributed by atoms with Crippen LogP contribution in [0.15, 0.2) is 73.9 Å². The van der Waals surface area contributed by atoms with Crippen LogP contribution < -0.4 is 0 Å². The molecule has 0 aromatic rings. The highest BCUT2D eigenvalue weighted by Crippen LogP contribution is 2.14. The van der Waals surface area contributed by atoms with Gasteiger partial charge in [-0.25, -0.2) is 20.0 Å². The van der Waals surface area contributed by atoms with Crippen molar-refractivity contribution >= 4 is 109 Å². The number of allylic oxidation sites excluding steroid dienone is 3. The second-order valence-corrected chi connectivity index (χ2v) is 13.4. The van der Waals surface area contributed by atoms with E-state index < -0.39 is 5.92 Å². The lowest BCUT2D eigenvalue weighted by atomic mass is 9.99. The number of hydrogen-bond donors (Lipinski definition) is 3. The van der Waals surface area contributed by atoms with Crippen LogP contribution in [0, 0.1) is 5.92 Å². The van der Waals surface area contributed by atoms with E-state index in [4.69, 9.17) is 0 Å². The molecule has 0 unspecified atom stereocenters. The Bertz CT molecular complexity index is 1770. The van der Waals surface area contributed by atoms with Crippen molar-refractivity contribution in [3.63, 3.8) is 0 Å². The van der Waals surface area contributed by atoms with E-state index in [0.717, 1.165) is 48.5 Å². The van der Waals surface area contributed by atoms with Crippen LogP contribution >= 0.6 is 0 Å². The van der Waals surface area contributed by atoms with Crippen molar-refractivity contribution in [3.8, 4) is 0 Å². The van der Waals surface area contributed by atoms with Crippen molar-refractivity contribution in [2.24, 2.45) is 45.9 Å². The molecule has 68 heavy (non-hydrogen) atoms. The lowest BCUT2D eigenvalue weighted by Crippen LogP contribution is -2.30. The Kier molecular flexibility index (Phi) is 53.2. The third-order valence-electron chi connectivity index (χ3n) is 8.03. The van der Waals surface area contributed by atoms with E-state index >= 15 is 0 Å². The van der Waals surface area contributed by atoms with Gasteiger partial charge < -0.3 is 15.3 Å². The van der Waals surface area contributed by atoms with Gasteiger partial charge in [-0.15, -0.1) is 0 Å². The molecule has 0 aromatic heterocycles. The fourth-order valence-corrected chi connectivity index (χ4v) is 5.34. The minimum absolute atomic E-state index is 0. The molecule has 4 heterocycles. The average Bonchev–Trinajstić information content (AvgIpc) is 3.21. The predicted molar refractivity (Wildman–Crippen MR) is 291 cm³/mol. The number of aliphatic hydroxyl groups is 3. The van der Waals surface area contributed by atoms with Gasteiger partial charge in [0, 0.05) is 108 Å². The van der Waals surface area contributed by atoms with Gasteiger partial charge in [0.15, 0.2) is 34.9 Å². The van der Waals surface area contributed by atoms with Gasteiger partial charge in [0.2, 0.25) is 0 Å². The number of amidine groups is 4. The molecule has 12 radical (unpaired) electrons. The number of aliphatic imine (C=N–C) groups is 8. The molecule has 16 nitrogen and oxygen atoms in total. The summed E-state index contributed by atoms with van der Waals surface area (Å²) in [6, 6.07) is 0. The topological polar surface area (TPSA) is 245 Å². The second kappa shape index (κ2) is 45.4. The van der Waals surface area contributed by atoms with Gasteiger partial charge in [0.25, 0.3) is 0 Å². The molecule has 0 fully saturated rings. The zero-order valence-electron chi connectivity index (χ0n) is 45.0. The van der Waals surface area contributed by atoms with Crippen LogP contribution in [0.1, 0.15) is 164 Å². The minimum atomic E-state index is -0.759. The maximum Gasteiger partial charge on any atom is 0.166 e. The zero-order valence-corrected chi connectivity index (χ0v) is 45.0. The highest BCUT2D eigenvalue weighted by atomic mass is 16.3. The van der Waals surface area contributed by atoms with Crippen molar-refractivity contribution in [2.75, 3.05) is 26.2 Å². The molecule has 4 rings (SSSR count). The summed E-state index contributed by atoms with van der Waals surface area (Å²) >= 11 is 0. The van der Waals surface area contributed by atoms with Gasteiger partial charge in [-0.3, -0.25) is 43.9 Å². The highest BCUT2D eigenvalue weighted by molar-refractivity contribution is 6.25. The normalized spacial score (nSPS) is 15.0. The van der Waals surface area contributed by atoms with Crippen LogP contribution in [-0.2, 0) is 24.0 Å². The Labute approximate surface area is 416 Å². The summed E-state index contributed by atoms with van der Waals surface area (Å²) in [6.45, 7) is 37.5. The minimum Gasteiger partial charge on any atom is -0.512 e. The van der Waals surface area contributed by atoms with Crippen LogP contribution in [0.25, 0.3) is 0 Å². The van der Waals surface area contributed by atoms with Crippen LogP contribution in [0.3, 0.4) is 0 Å². The Balaban J connectivity index is -0.000000110. The van der Waals surface area contributed by atoms with Crippen molar-refractivity contribution in [2.45, 2.75) is 164 Å². The molecular weight excluding hydrogens is 860 g/mol. The van der Waals surface area contributed by atoms with Gasteiger partial charge in [0.1, 0.15) is 40.6 Å². The average molecular weight is 940 g/mol. The summed E-state index contributed by atoms with van der Waals surface area (Å²) < 4.78 is 0. The number of carbonyl (C=O) groups is 5. The first-order chi connectivity index (χ1) is 30.1. The van der Waals surface area contributed by atoms with E-state index in [1.54, 1.807) is 0 Å². The zero-order chi connectivity index (χ0) is 50.9. The fourth-order valence-electron chi connectivity index (χ4n) is 5.34. The molecule has 0 saturated carbocycles. The van der Waals surface area contributed by atoms with Crippen molar-refractivity contribution < 1.29 is 39.3 Å². The summed E-state index contributed by atoms with van der Waals surface area (Å²) in [5, 5.41) is 28.0. The van der Waals surface area contributed by atoms with Crippen LogP contribution in [0.2, 0.25) is 0 Å². The first-order valence-corrected chi connectivity index (χ1v) is 22.2. The number of hydrogen-bond acceptors (Lipinski definition) is 16. The Hall–Kier alpha value is -5.41. The predicted octanol–water partition coefficient (Wildman–Crippen LogP) is 8.64. The molecule has 372 valence electrons. The van der Waals surface area contributed by atoms with E-state index in [1.165, 1.54) is 55.4 Å². The molecule has 3 N–H and O–H groups in total. The maximum absolute atomic E-state index is 11.2. The second-order valence-electron chi connectivity index (χ2n) is 13.4. The Morgan fingerprint density at radius 3 is 0.750 bits per heavy atom. The van der Waals surface area contributed by atoms with Gasteiger partial charge in [-0.2, -0.15) is 0 Å². The number of ketones is 5. The summed E-state index contributed by atoms with van der Waals surface area (Å²) in [5.41, 5.74) is 4.43. The summed E-state index contributed by atoms with van der Waals surface area (Å²) in [7, 11) is 0. The molecule has 0 bridgehead atoms. The molecule has 20 heteroatoms. The molecule has 4 aliphatic rings. The van der Waals surface area contributed by atoms with E-state index in [0.29, 0.717) is 49.5 Å². The summed E-state index contributed by atoms with van der Waals surface area (Å²) in [6.07, 6.45) is 3.27. The SMILES string of the molecule is CC.CC.CC.CC.CC(=O)/C(C1=NCCC(C)=N1)=C(\C)O.CC(=O)/C(C1=NCCC(C)=N1)=C(\C)O.CC(=O)C(C(C)=O)C1=NCCC(C)=N1.CC(=O)C(C1=NCCC(C)=N1)=C(C)O.[B].[B].[B].[B]. The Morgan fingerprint density at radius 1 is 0.382 bits per heavy atom. The number of carbonyl (C=O) groups excluding carboxylic acids is 5. The van der Waals surface area contributed by atoms with Gasteiger partial charge in [0.05, 0.1) is 16.7 Å². The lowest BCUT2D eigenvalue weighted by Gasteiger charge is -2.14. The molecule has 0 spiro atoms. The molecule has 0 amide bonds. The van der Waals surface area contributed by atoms with E-state index in [-0.39, 0.29) is 96.6 Å². The van der Waals surface area contributed by atoms with Crippen molar-refractivity contribution in [1.82, 2.24) is 0 Å². The lowest BCUT2D eigenvalue weighted by molar-refractivity contribution is -0.127. The molecule has 0 aromatic carbocycles. The molecular formula is C48H80B4N8O8. The largest absolute Gasteiger partial charge is 0.512 e. The van der Waals surface area contributed by atoms with Crippen LogP contribution in [0.4, 0.5) is 0 Å². The third kappa shape index (κ3) is 31.5. The number of nitrogens with zero attached hydrogens (tertiary/aromatic N) is 8. The van der Waals surface area contributed by atoms with Gasteiger partial charge in [-0.05, 0) is 83.1 Å². The quantitative estimate of drug-likeness (QED) is 0.0872. The third-order valence-corrected chi connectivity index (χ3v) is 8.03. The van der Waals surface area contributed by atoms with E-state index in [2.05, 4.69) is 39.9 Å². The number of Topliss-reactive ketones (excluding diaryl/α,β-unsaturated/α-hetero) is 5. The van der Waals surface area contributed by atoms with Crippen LogP contribution in [-0.4, -0.2) is 150 Å². The molecule has 0 saturated heterocycles. The number of aliphatic hydroxyl groups excluding tert-OH is 3. The first-order valence-electron chi connectivity index (χ1n) is 22.2. The molecule has 4 aliphatic heterocycles. The van der Waals surface area contributed by atoms with Gasteiger partial charge in [-0.1, -0.05) is 55.4 Å². The highest BCUT2D eigenvalue weighted by Gasteiger charge is 2.27. The molecule has 0 atom stereocenters. The fraction of sp³-hybridized carbons (Fsp3) is 0.604. The smallest absolute Gasteiger partial charge is 0.166 e. The number of rotatable bonds is 9. The summed E-state index contributed by atoms with van der Waals surface area (Å²) in [5.74, 6) is -0.335. The maximum atomic E-state index is 11.2. The summed E-state index contributed by atoms with van der Waals surface area (Å²) in [4.78, 5) is 89.2. The van der Waals surface area contributed by atoms with E-state index in [9.17, 15) is 39.3 Å².